The van der Waals surface area contributed by atoms with Crippen LogP contribution in [0.15, 0.2) is 0 Å². The van der Waals surface area contributed by atoms with Crippen LogP contribution < -0.4 is 0 Å². The van der Waals surface area contributed by atoms with Crippen LogP contribution in [0.1, 0.15) is 26.2 Å². The van der Waals surface area contributed by atoms with Crippen molar-refractivity contribution in [1.29, 1.82) is 0 Å². The number of hydrogen-bond donors (Lipinski definition) is 1. The summed E-state index contributed by atoms with van der Waals surface area (Å²) in [7, 11) is 0. The van der Waals surface area contributed by atoms with Crippen LogP contribution in [0.2, 0.25) is 0 Å². The fraction of sp³-hybridized carbons (Fsp3) is 1.00. The molecule has 0 aromatic rings. The lowest BCUT2D eigenvalue weighted by Crippen LogP contribution is -2.31. The van der Waals surface area contributed by atoms with Crippen LogP contribution >= 0.6 is 0 Å². The van der Waals surface area contributed by atoms with E-state index < -0.39 is 0 Å². The van der Waals surface area contributed by atoms with E-state index in [0.29, 0.717) is 6.61 Å². The Morgan fingerprint density at radius 1 is 1.60 bits per heavy atom. The molecule has 1 heterocycles. The number of rotatable bonds is 3. The third kappa shape index (κ3) is 1.70. The minimum Gasteiger partial charge on any atom is -0.395 e. The van der Waals surface area contributed by atoms with Crippen molar-refractivity contribution >= 4 is 0 Å². The Morgan fingerprint density at radius 2 is 2.40 bits per heavy atom. The molecule has 1 N–H and O–H groups in total. The largest absolute Gasteiger partial charge is 0.395 e. The van der Waals surface area contributed by atoms with Gasteiger partial charge in [-0.15, -0.1) is 0 Å². The number of aliphatic hydroxyl groups is 1. The molecule has 0 saturated carbocycles. The van der Waals surface area contributed by atoms with Crippen molar-refractivity contribution in [3.05, 3.63) is 0 Å². The first-order valence-electron chi connectivity index (χ1n) is 4.23. The molecule has 1 atom stereocenters. The smallest absolute Gasteiger partial charge is 0.0558 e. The van der Waals surface area contributed by atoms with Crippen LogP contribution in [-0.2, 0) is 0 Å². The molecule has 1 fully saturated rings. The topological polar surface area (TPSA) is 23.5 Å². The molecule has 1 saturated heterocycles. The van der Waals surface area contributed by atoms with Crippen molar-refractivity contribution in [3.63, 3.8) is 0 Å². The third-order valence-electron chi connectivity index (χ3n) is 2.36. The lowest BCUT2D eigenvalue weighted by molar-refractivity contribution is 0.182. The van der Waals surface area contributed by atoms with Crippen LogP contribution in [0.5, 0.6) is 0 Å². The summed E-state index contributed by atoms with van der Waals surface area (Å²) in [5.41, 5.74) is 0. The van der Waals surface area contributed by atoms with Gasteiger partial charge in [-0.1, -0.05) is 6.92 Å². The fourth-order valence-corrected chi connectivity index (χ4v) is 1.78. The van der Waals surface area contributed by atoms with E-state index in [2.05, 4.69) is 11.8 Å². The molecule has 1 aliphatic heterocycles. The van der Waals surface area contributed by atoms with Crippen LogP contribution in [-0.4, -0.2) is 35.7 Å². The molecule has 0 aromatic carbocycles. The second kappa shape index (κ2) is 3.94. The highest BCUT2D eigenvalue weighted by Gasteiger charge is 2.21. The Morgan fingerprint density at radius 3 is 3.00 bits per heavy atom. The van der Waals surface area contributed by atoms with Gasteiger partial charge in [0.2, 0.25) is 0 Å². The molecule has 2 nitrogen and oxygen atoms in total. The number of likely N-dealkylation sites (tertiary alicyclic amines) is 1. The molecule has 1 rings (SSSR count). The Kier molecular flexibility index (Phi) is 3.16. The Balaban J connectivity index is 2.27. The van der Waals surface area contributed by atoms with Crippen LogP contribution in [0.4, 0.5) is 0 Å². The SMILES string of the molecule is CCC1CCCN1CCO. The first-order chi connectivity index (χ1) is 4.88. The van der Waals surface area contributed by atoms with Gasteiger partial charge in [-0.25, -0.2) is 0 Å². The summed E-state index contributed by atoms with van der Waals surface area (Å²) in [5.74, 6) is 0. The van der Waals surface area contributed by atoms with Gasteiger partial charge < -0.3 is 5.11 Å². The van der Waals surface area contributed by atoms with Gasteiger partial charge in [-0.3, -0.25) is 4.90 Å². The highest BCUT2D eigenvalue weighted by Crippen LogP contribution is 2.18. The van der Waals surface area contributed by atoms with Crippen molar-refractivity contribution in [2.45, 2.75) is 32.2 Å². The normalized spacial score (nSPS) is 27.6. The second-order valence-corrected chi connectivity index (χ2v) is 2.96. The number of aliphatic hydroxyl groups excluding tert-OH is 1. The molecule has 0 aromatic heterocycles. The quantitative estimate of drug-likeness (QED) is 0.633. The molecule has 60 valence electrons. The van der Waals surface area contributed by atoms with E-state index in [4.69, 9.17) is 5.11 Å². The highest BCUT2D eigenvalue weighted by atomic mass is 16.3. The summed E-state index contributed by atoms with van der Waals surface area (Å²) in [6, 6.07) is 0.757. The van der Waals surface area contributed by atoms with Gasteiger partial charge in [0.1, 0.15) is 0 Å². The van der Waals surface area contributed by atoms with Gasteiger partial charge in [-0.05, 0) is 25.8 Å². The average Bonchev–Trinajstić information content (AvgIpc) is 2.36. The first kappa shape index (κ1) is 8.02. The summed E-state index contributed by atoms with van der Waals surface area (Å²) in [6.07, 6.45) is 3.88. The first-order valence-corrected chi connectivity index (χ1v) is 4.23. The van der Waals surface area contributed by atoms with Crippen LogP contribution in [0.25, 0.3) is 0 Å². The molecule has 0 aliphatic carbocycles. The van der Waals surface area contributed by atoms with Gasteiger partial charge >= 0.3 is 0 Å². The van der Waals surface area contributed by atoms with E-state index in [1.54, 1.807) is 0 Å². The molecular formula is C8H17NO. The maximum atomic E-state index is 8.70. The zero-order chi connectivity index (χ0) is 7.40. The standard InChI is InChI=1S/C8H17NO/c1-2-8-4-3-5-9(8)6-7-10/h8,10H,2-7H2,1H3. The van der Waals surface area contributed by atoms with Crippen LogP contribution in [0, 0.1) is 0 Å². The Bertz CT molecular complexity index is 95.3. The van der Waals surface area contributed by atoms with Gasteiger partial charge in [0.25, 0.3) is 0 Å². The summed E-state index contributed by atoms with van der Waals surface area (Å²) in [6.45, 7) is 4.61. The zero-order valence-corrected chi connectivity index (χ0v) is 6.71. The van der Waals surface area contributed by atoms with Gasteiger partial charge in [0.15, 0.2) is 0 Å². The molecular weight excluding hydrogens is 126 g/mol. The lowest BCUT2D eigenvalue weighted by atomic mass is 10.2. The van der Waals surface area contributed by atoms with Crippen molar-refractivity contribution in [1.82, 2.24) is 4.90 Å². The maximum absolute atomic E-state index is 8.70. The van der Waals surface area contributed by atoms with E-state index in [1.165, 1.54) is 25.8 Å². The van der Waals surface area contributed by atoms with E-state index in [9.17, 15) is 0 Å². The molecule has 0 spiro atoms. The number of hydrogen-bond acceptors (Lipinski definition) is 2. The van der Waals surface area contributed by atoms with Gasteiger partial charge in [0.05, 0.1) is 6.61 Å². The zero-order valence-electron chi connectivity index (χ0n) is 6.71. The van der Waals surface area contributed by atoms with E-state index >= 15 is 0 Å². The molecule has 1 unspecified atom stereocenters. The average molecular weight is 143 g/mol. The van der Waals surface area contributed by atoms with E-state index in [1.807, 2.05) is 0 Å². The summed E-state index contributed by atoms with van der Waals surface area (Å²) in [4.78, 5) is 2.39. The highest BCUT2D eigenvalue weighted by molar-refractivity contribution is 4.77. The Hall–Kier alpha value is -0.0800. The minimum atomic E-state index is 0.316. The number of β-amino-alcohol motifs (C(OH)–C–C–N with tert-alkyl or cyclic N) is 1. The molecule has 2 heteroatoms. The summed E-state index contributed by atoms with van der Waals surface area (Å²) in [5, 5.41) is 8.70. The van der Waals surface area contributed by atoms with Gasteiger partial charge in [-0.2, -0.15) is 0 Å². The maximum Gasteiger partial charge on any atom is 0.0558 e. The molecule has 0 bridgehead atoms. The lowest BCUT2D eigenvalue weighted by Gasteiger charge is -2.21. The van der Waals surface area contributed by atoms with Crippen molar-refractivity contribution in [2.24, 2.45) is 0 Å². The Labute approximate surface area is 62.8 Å². The molecule has 0 amide bonds. The summed E-state index contributed by atoms with van der Waals surface area (Å²) < 4.78 is 0. The molecule has 10 heavy (non-hydrogen) atoms. The van der Waals surface area contributed by atoms with Crippen LogP contribution in [0.3, 0.4) is 0 Å². The van der Waals surface area contributed by atoms with Crippen molar-refractivity contribution < 1.29 is 5.11 Å². The van der Waals surface area contributed by atoms with Gasteiger partial charge in [0, 0.05) is 12.6 Å². The molecule has 1 aliphatic rings. The third-order valence-corrected chi connectivity index (χ3v) is 2.36. The van der Waals surface area contributed by atoms with Crippen molar-refractivity contribution in [3.8, 4) is 0 Å². The fourth-order valence-electron chi connectivity index (χ4n) is 1.78. The van der Waals surface area contributed by atoms with E-state index in [-0.39, 0.29) is 0 Å². The monoisotopic (exact) mass is 143 g/mol. The predicted octanol–water partition coefficient (Wildman–Crippen LogP) is 0.853. The van der Waals surface area contributed by atoms with E-state index in [0.717, 1.165) is 12.6 Å². The molecule has 0 radical (unpaired) electrons. The minimum absolute atomic E-state index is 0.316. The second-order valence-electron chi connectivity index (χ2n) is 2.96. The predicted molar refractivity (Wildman–Crippen MR) is 42.0 cm³/mol. The number of nitrogens with zero attached hydrogens (tertiary/aromatic N) is 1. The summed E-state index contributed by atoms with van der Waals surface area (Å²) >= 11 is 0. The van der Waals surface area contributed by atoms with Crippen molar-refractivity contribution in [2.75, 3.05) is 19.7 Å².